The summed E-state index contributed by atoms with van der Waals surface area (Å²) < 4.78 is 5.49. The first kappa shape index (κ1) is 20.7. The summed E-state index contributed by atoms with van der Waals surface area (Å²) in [5, 5.41) is 25.0. The zero-order valence-electron chi connectivity index (χ0n) is 17.4. The Labute approximate surface area is 181 Å². The van der Waals surface area contributed by atoms with E-state index in [1.807, 2.05) is 42.5 Å². The number of hydrogen-bond acceptors (Lipinski definition) is 5. The van der Waals surface area contributed by atoms with Gasteiger partial charge in [-0.25, -0.2) is 0 Å². The SMILES string of the molecule is COc1ccc(C#N)cc1C1=CCC(C2=C(Cc3ccccc3)C(=O)NC(O)N2)CC1. The van der Waals surface area contributed by atoms with Gasteiger partial charge >= 0.3 is 0 Å². The van der Waals surface area contributed by atoms with Gasteiger partial charge in [-0.3, -0.25) is 4.79 Å². The fraction of sp³-hybridized carbons (Fsp3) is 0.280. The minimum absolute atomic E-state index is 0.105. The van der Waals surface area contributed by atoms with Crippen LogP contribution >= 0.6 is 0 Å². The molecule has 0 fully saturated rings. The Hall–Kier alpha value is -3.56. The van der Waals surface area contributed by atoms with Gasteiger partial charge in [-0.1, -0.05) is 36.4 Å². The maximum atomic E-state index is 12.7. The highest BCUT2D eigenvalue weighted by molar-refractivity contribution is 5.95. The van der Waals surface area contributed by atoms with Crippen LogP contribution in [0.15, 0.2) is 65.9 Å². The number of nitrogens with one attached hydrogen (secondary N) is 2. The fourth-order valence-corrected chi connectivity index (χ4v) is 4.31. The maximum Gasteiger partial charge on any atom is 0.252 e. The van der Waals surface area contributed by atoms with E-state index in [0.29, 0.717) is 17.6 Å². The first-order valence-electron chi connectivity index (χ1n) is 10.4. The summed E-state index contributed by atoms with van der Waals surface area (Å²) in [6.45, 7) is 0. The number of ether oxygens (including phenoxy) is 1. The summed E-state index contributed by atoms with van der Waals surface area (Å²) in [7, 11) is 1.63. The molecule has 0 radical (unpaired) electrons. The van der Waals surface area contributed by atoms with E-state index >= 15 is 0 Å². The molecule has 2 aromatic carbocycles. The molecule has 6 heteroatoms. The van der Waals surface area contributed by atoms with Crippen molar-refractivity contribution in [2.24, 2.45) is 5.92 Å². The lowest BCUT2D eigenvalue weighted by molar-refractivity contribution is -0.122. The number of allylic oxidation sites excluding steroid dienone is 3. The lowest BCUT2D eigenvalue weighted by atomic mass is 9.82. The van der Waals surface area contributed by atoms with E-state index in [-0.39, 0.29) is 11.8 Å². The van der Waals surface area contributed by atoms with Crippen LogP contribution in [0, 0.1) is 17.2 Å². The summed E-state index contributed by atoms with van der Waals surface area (Å²) in [6.07, 6.45) is 3.92. The molecule has 0 spiro atoms. The van der Waals surface area contributed by atoms with Crippen LogP contribution in [0.3, 0.4) is 0 Å². The zero-order chi connectivity index (χ0) is 21.8. The zero-order valence-corrected chi connectivity index (χ0v) is 17.4. The number of rotatable bonds is 5. The minimum Gasteiger partial charge on any atom is -0.496 e. The quantitative estimate of drug-likeness (QED) is 0.697. The number of aliphatic hydroxyl groups excluding tert-OH is 1. The Morgan fingerprint density at radius 1 is 1.19 bits per heavy atom. The number of hydrogen-bond donors (Lipinski definition) is 3. The maximum absolute atomic E-state index is 12.7. The van der Waals surface area contributed by atoms with Gasteiger partial charge in [0.25, 0.3) is 5.91 Å². The Balaban J connectivity index is 1.62. The van der Waals surface area contributed by atoms with Crippen LogP contribution in [-0.2, 0) is 11.2 Å². The van der Waals surface area contributed by atoms with E-state index < -0.39 is 6.35 Å². The molecule has 0 bridgehead atoms. The van der Waals surface area contributed by atoms with Gasteiger partial charge in [-0.15, -0.1) is 0 Å². The second-order valence-electron chi connectivity index (χ2n) is 7.80. The second kappa shape index (κ2) is 9.07. The van der Waals surface area contributed by atoms with Crippen molar-refractivity contribution < 1.29 is 14.6 Å². The highest BCUT2D eigenvalue weighted by Gasteiger charge is 2.31. The fourth-order valence-electron chi connectivity index (χ4n) is 4.31. The number of nitriles is 1. The predicted molar refractivity (Wildman–Crippen MR) is 117 cm³/mol. The third-order valence-corrected chi connectivity index (χ3v) is 5.88. The third-order valence-electron chi connectivity index (χ3n) is 5.88. The Kier molecular flexibility index (Phi) is 6.06. The van der Waals surface area contributed by atoms with Gasteiger partial charge in [-0.05, 0) is 48.6 Å². The monoisotopic (exact) mass is 415 g/mol. The molecule has 158 valence electrons. The van der Waals surface area contributed by atoms with Gasteiger partial charge in [0.15, 0.2) is 0 Å². The molecule has 1 aliphatic carbocycles. The molecule has 2 atom stereocenters. The Morgan fingerprint density at radius 2 is 2.00 bits per heavy atom. The lowest BCUT2D eigenvalue weighted by Gasteiger charge is -2.33. The van der Waals surface area contributed by atoms with Crippen molar-refractivity contribution in [3.05, 3.63) is 82.6 Å². The summed E-state index contributed by atoms with van der Waals surface area (Å²) in [4.78, 5) is 12.7. The van der Waals surface area contributed by atoms with Crippen molar-refractivity contribution in [1.29, 1.82) is 5.26 Å². The van der Waals surface area contributed by atoms with Gasteiger partial charge in [-0.2, -0.15) is 5.26 Å². The number of methoxy groups -OCH3 is 1. The van der Waals surface area contributed by atoms with Gasteiger partial charge in [0, 0.05) is 29.2 Å². The number of aliphatic hydroxyl groups is 1. The van der Waals surface area contributed by atoms with E-state index in [0.717, 1.165) is 47.4 Å². The molecule has 6 nitrogen and oxygen atoms in total. The standard InChI is InChI=1S/C25H25N3O3/c1-31-22-12-7-17(15-26)14-20(22)18-8-10-19(11-9-18)23-21(24(29)28-25(30)27-23)13-16-5-3-2-4-6-16/h2-8,12,14,19,25,27,30H,9-11,13H2,1H3,(H,28,29). The largest absolute Gasteiger partial charge is 0.496 e. The summed E-state index contributed by atoms with van der Waals surface area (Å²) in [6, 6.07) is 17.5. The molecular weight excluding hydrogens is 390 g/mol. The smallest absolute Gasteiger partial charge is 0.252 e. The Morgan fingerprint density at radius 3 is 2.68 bits per heavy atom. The van der Waals surface area contributed by atoms with E-state index in [9.17, 15) is 15.2 Å². The first-order chi connectivity index (χ1) is 15.1. The summed E-state index contributed by atoms with van der Waals surface area (Å²) in [5.74, 6) is 0.620. The lowest BCUT2D eigenvalue weighted by Crippen LogP contribution is -2.52. The van der Waals surface area contributed by atoms with Gasteiger partial charge in [0.1, 0.15) is 5.75 Å². The number of carbonyl (C=O) groups excluding carboxylic acids is 1. The highest BCUT2D eigenvalue weighted by atomic mass is 16.5. The average Bonchev–Trinajstić information content (AvgIpc) is 2.81. The molecule has 2 aromatic rings. The number of carbonyl (C=O) groups is 1. The normalized spacial score (nSPS) is 20.9. The van der Waals surface area contributed by atoms with Crippen molar-refractivity contribution in [2.45, 2.75) is 32.0 Å². The molecule has 0 saturated carbocycles. The molecule has 31 heavy (non-hydrogen) atoms. The molecule has 1 amide bonds. The van der Waals surface area contributed by atoms with E-state index in [1.165, 1.54) is 0 Å². The highest BCUT2D eigenvalue weighted by Crippen LogP contribution is 2.38. The summed E-state index contributed by atoms with van der Waals surface area (Å²) in [5.41, 5.74) is 5.20. The predicted octanol–water partition coefficient (Wildman–Crippen LogP) is 3.24. The van der Waals surface area contributed by atoms with Crippen molar-refractivity contribution in [1.82, 2.24) is 10.6 Å². The first-order valence-corrected chi connectivity index (χ1v) is 10.4. The topological polar surface area (TPSA) is 94.4 Å². The van der Waals surface area contributed by atoms with Crippen LogP contribution < -0.4 is 15.4 Å². The molecule has 4 rings (SSSR count). The van der Waals surface area contributed by atoms with Gasteiger partial charge in [0.2, 0.25) is 6.35 Å². The van der Waals surface area contributed by atoms with Crippen LogP contribution in [0.25, 0.3) is 5.57 Å². The number of amides is 1. The third kappa shape index (κ3) is 4.47. The Bertz CT molecular complexity index is 1080. The second-order valence-corrected chi connectivity index (χ2v) is 7.80. The van der Waals surface area contributed by atoms with Crippen molar-refractivity contribution in [3.8, 4) is 11.8 Å². The van der Waals surface area contributed by atoms with Crippen LogP contribution in [0.4, 0.5) is 0 Å². The van der Waals surface area contributed by atoms with Crippen molar-refractivity contribution in [3.63, 3.8) is 0 Å². The number of nitrogens with zero attached hydrogens (tertiary/aromatic N) is 1. The molecular formula is C25H25N3O3. The molecule has 1 aliphatic heterocycles. The van der Waals surface area contributed by atoms with Crippen LogP contribution in [0.1, 0.15) is 36.0 Å². The molecule has 2 aliphatic rings. The van der Waals surface area contributed by atoms with Crippen molar-refractivity contribution >= 4 is 11.5 Å². The number of benzene rings is 2. The minimum atomic E-state index is -1.08. The van der Waals surface area contributed by atoms with E-state index in [4.69, 9.17) is 4.74 Å². The van der Waals surface area contributed by atoms with Crippen molar-refractivity contribution in [2.75, 3.05) is 7.11 Å². The van der Waals surface area contributed by atoms with Crippen LogP contribution in [-0.4, -0.2) is 24.5 Å². The molecule has 3 N–H and O–H groups in total. The average molecular weight is 415 g/mol. The van der Waals surface area contributed by atoms with Gasteiger partial charge < -0.3 is 20.5 Å². The van der Waals surface area contributed by atoms with E-state index in [2.05, 4.69) is 22.8 Å². The van der Waals surface area contributed by atoms with E-state index in [1.54, 1.807) is 13.2 Å². The van der Waals surface area contributed by atoms with Crippen LogP contribution in [0.5, 0.6) is 5.75 Å². The molecule has 1 heterocycles. The van der Waals surface area contributed by atoms with Gasteiger partial charge in [0.05, 0.1) is 18.7 Å². The molecule has 2 unspecified atom stereocenters. The molecule has 0 saturated heterocycles. The summed E-state index contributed by atoms with van der Waals surface area (Å²) >= 11 is 0. The van der Waals surface area contributed by atoms with Crippen LogP contribution in [0.2, 0.25) is 0 Å². The molecule has 0 aromatic heterocycles.